The lowest BCUT2D eigenvalue weighted by molar-refractivity contribution is 0.412. The van der Waals surface area contributed by atoms with Crippen LogP contribution in [0.2, 0.25) is 10.0 Å². The molecule has 0 atom stereocenters. The summed E-state index contributed by atoms with van der Waals surface area (Å²) in [5, 5.41) is 1.62. The average Bonchev–Trinajstić information content (AvgIpc) is 2.62. The number of hydrogen-bond donors (Lipinski definition) is 3. The molecule has 2 aliphatic rings. The molecular weight excluding hydrogens is 389 g/mol. The highest BCUT2D eigenvalue weighted by molar-refractivity contribution is 6.37. The zero-order valence-corrected chi connectivity index (χ0v) is 15.6. The number of hydrogen-bond acceptors (Lipinski definition) is 6. The van der Waals surface area contributed by atoms with Gasteiger partial charge in [-0.3, -0.25) is 10.2 Å². The molecule has 4 rings (SSSR count). The number of hydrazine groups is 1. The number of amidine groups is 1. The summed E-state index contributed by atoms with van der Waals surface area (Å²) in [6.45, 7) is 0. The summed E-state index contributed by atoms with van der Waals surface area (Å²) in [6, 6.07) is 4.77. The van der Waals surface area contributed by atoms with E-state index in [0.717, 1.165) is 19.3 Å². The number of nitrogens with zero attached hydrogens (tertiary/aromatic N) is 2. The molecule has 2 aromatic rings. The van der Waals surface area contributed by atoms with Gasteiger partial charge in [0.25, 0.3) is 5.56 Å². The highest BCUT2D eigenvalue weighted by Gasteiger charge is 2.23. The van der Waals surface area contributed by atoms with E-state index in [4.69, 9.17) is 36.4 Å². The van der Waals surface area contributed by atoms with E-state index in [2.05, 4.69) is 15.4 Å². The number of benzene rings is 1. The minimum Gasteiger partial charge on any atom is -0.453 e. The van der Waals surface area contributed by atoms with Gasteiger partial charge in [-0.05, 0) is 37.0 Å². The van der Waals surface area contributed by atoms with Crippen LogP contribution in [0.25, 0.3) is 0 Å². The molecule has 1 aromatic carbocycles. The lowest BCUT2D eigenvalue weighted by atomic mass is 9.80. The fraction of sp³-hybridized carbons (Fsp3) is 0.222. The molecule has 0 bridgehead atoms. The highest BCUT2D eigenvalue weighted by atomic mass is 35.5. The summed E-state index contributed by atoms with van der Waals surface area (Å²) in [5.74, 6) is 0.878. The van der Waals surface area contributed by atoms with Gasteiger partial charge >= 0.3 is 0 Å². The van der Waals surface area contributed by atoms with Gasteiger partial charge < -0.3 is 15.5 Å². The number of aliphatic imine (C=N–C) groups is 1. The zero-order valence-electron chi connectivity index (χ0n) is 16.1. The molecule has 1 aliphatic heterocycles. The van der Waals surface area contributed by atoms with Gasteiger partial charge in [-0.25, -0.2) is 10.0 Å². The standard InChI is InChI=1S/C18H17Cl2N5O2/c19-14-4-11(25-9-22-8-16(21)24-25)5-15(20)17(14)27-12-6-13(10-2-1-3-10)18(26)23-7-12/h4-10,24H,1-3,21H2,(H,23,26)/i8D,9D. The van der Waals surface area contributed by atoms with Crippen molar-refractivity contribution in [1.82, 2.24) is 10.4 Å². The number of aromatic nitrogens is 1. The van der Waals surface area contributed by atoms with E-state index in [1.54, 1.807) is 6.07 Å². The molecule has 1 aromatic heterocycles. The van der Waals surface area contributed by atoms with Crippen molar-refractivity contribution in [3.63, 3.8) is 0 Å². The molecule has 2 heterocycles. The van der Waals surface area contributed by atoms with Crippen LogP contribution in [0.4, 0.5) is 5.69 Å². The van der Waals surface area contributed by atoms with Crippen molar-refractivity contribution >= 4 is 35.2 Å². The van der Waals surface area contributed by atoms with Gasteiger partial charge in [0.15, 0.2) is 5.75 Å². The van der Waals surface area contributed by atoms with Crippen LogP contribution in [0.15, 0.2) is 46.2 Å². The van der Waals surface area contributed by atoms with Gasteiger partial charge in [0, 0.05) is 11.8 Å². The van der Waals surface area contributed by atoms with Gasteiger partial charge in [-0.2, -0.15) is 0 Å². The van der Waals surface area contributed by atoms with E-state index in [0.29, 0.717) is 17.0 Å². The predicted octanol–water partition coefficient (Wildman–Crippen LogP) is 3.85. The van der Waals surface area contributed by atoms with Crippen LogP contribution >= 0.6 is 23.2 Å². The maximum Gasteiger partial charge on any atom is 0.251 e. The van der Waals surface area contributed by atoms with Crippen LogP contribution in [-0.2, 0) is 0 Å². The van der Waals surface area contributed by atoms with Crippen LogP contribution in [0, 0.1) is 0 Å². The molecule has 7 nitrogen and oxygen atoms in total. The number of halogens is 2. The Morgan fingerprint density at radius 3 is 2.70 bits per heavy atom. The first-order chi connectivity index (χ1) is 13.8. The molecule has 27 heavy (non-hydrogen) atoms. The zero-order chi connectivity index (χ0) is 20.7. The van der Waals surface area contributed by atoms with Gasteiger partial charge in [0.1, 0.15) is 19.3 Å². The summed E-state index contributed by atoms with van der Waals surface area (Å²) in [4.78, 5) is 18.5. The van der Waals surface area contributed by atoms with Crippen LogP contribution < -0.4 is 26.5 Å². The van der Waals surface area contributed by atoms with Crippen molar-refractivity contribution in [2.45, 2.75) is 25.2 Å². The Morgan fingerprint density at radius 2 is 2.04 bits per heavy atom. The Bertz CT molecular complexity index is 1070. The minimum absolute atomic E-state index is 0.00895. The second kappa shape index (κ2) is 7.17. The van der Waals surface area contributed by atoms with E-state index in [1.807, 2.05) is 0 Å². The van der Waals surface area contributed by atoms with Crippen molar-refractivity contribution in [2.75, 3.05) is 5.01 Å². The number of pyridine rings is 1. The monoisotopic (exact) mass is 407 g/mol. The number of rotatable bonds is 4. The Labute approximate surface area is 168 Å². The molecule has 140 valence electrons. The Hall–Kier alpha value is -2.64. The predicted molar refractivity (Wildman–Crippen MR) is 107 cm³/mol. The summed E-state index contributed by atoms with van der Waals surface area (Å²) in [5.41, 5.74) is 9.33. The van der Waals surface area contributed by atoms with Crippen LogP contribution in [0.1, 0.15) is 33.5 Å². The van der Waals surface area contributed by atoms with Gasteiger partial charge in [-0.15, -0.1) is 0 Å². The number of nitrogens with two attached hydrogens (primary N) is 1. The minimum atomic E-state index is -0.240. The molecule has 0 radical (unpaired) electrons. The van der Waals surface area contributed by atoms with E-state index >= 15 is 0 Å². The third-order valence-corrected chi connectivity index (χ3v) is 5.03. The Morgan fingerprint density at radius 1 is 1.30 bits per heavy atom. The normalized spacial score (nSPS) is 18.3. The largest absolute Gasteiger partial charge is 0.453 e. The number of ether oxygens (including phenoxy) is 1. The first-order valence-electron chi connectivity index (χ1n) is 9.31. The van der Waals surface area contributed by atoms with Crippen molar-refractivity contribution in [3.8, 4) is 11.5 Å². The van der Waals surface area contributed by atoms with Crippen molar-refractivity contribution in [2.24, 2.45) is 10.7 Å². The molecule has 1 aliphatic carbocycles. The van der Waals surface area contributed by atoms with Crippen molar-refractivity contribution in [3.05, 3.63) is 62.4 Å². The highest BCUT2D eigenvalue weighted by Crippen LogP contribution is 2.40. The maximum atomic E-state index is 12.1. The summed E-state index contributed by atoms with van der Waals surface area (Å²) in [6.07, 6.45) is 4.08. The quantitative estimate of drug-likeness (QED) is 0.714. The molecule has 4 N–H and O–H groups in total. The number of anilines is 1. The number of aromatic amines is 1. The molecule has 1 fully saturated rings. The molecule has 9 heteroatoms. The van der Waals surface area contributed by atoms with Gasteiger partial charge in [-0.1, -0.05) is 29.6 Å². The molecule has 0 unspecified atom stereocenters. The fourth-order valence-electron chi connectivity index (χ4n) is 2.88. The molecule has 1 saturated carbocycles. The summed E-state index contributed by atoms with van der Waals surface area (Å²) < 4.78 is 21.3. The second-order valence-electron chi connectivity index (χ2n) is 6.27. The second-order valence-corrected chi connectivity index (χ2v) is 7.09. The fourth-order valence-corrected chi connectivity index (χ4v) is 3.43. The van der Waals surface area contributed by atoms with E-state index in [9.17, 15) is 4.79 Å². The van der Waals surface area contributed by atoms with E-state index in [1.165, 1.54) is 23.3 Å². The summed E-state index contributed by atoms with van der Waals surface area (Å²) >= 11 is 12.7. The average molecular weight is 408 g/mol. The van der Waals surface area contributed by atoms with Gasteiger partial charge in [0.2, 0.25) is 0 Å². The third-order valence-electron chi connectivity index (χ3n) is 4.47. The Balaban J connectivity index is 1.62. The molecule has 0 spiro atoms. The Kier molecular flexibility index (Phi) is 4.10. The van der Waals surface area contributed by atoms with E-state index < -0.39 is 0 Å². The number of nitrogens with one attached hydrogen (secondary N) is 2. The van der Waals surface area contributed by atoms with E-state index in [-0.39, 0.29) is 45.6 Å². The smallest absolute Gasteiger partial charge is 0.251 e. The van der Waals surface area contributed by atoms with Gasteiger partial charge in [0.05, 0.1) is 23.3 Å². The lowest BCUT2D eigenvalue weighted by Crippen LogP contribution is -2.40. The number of H-pyrrole nitrogens is 1. The SMILES string of the molecule is [2H]C1=NC([2H])=C(N)NN1c1cc(Cl)c(Oc2c[nH]c(=O)c(C3CCC3)c2)c(Cl)c1. The van der Waals surface area contributed by atoms with Crippen LogP contribution in [0.3, 0.4) is 0 Å². The third kappa shape index (κ3) is 3.61. The maximum absolute atomic E-state index is 12.1. The van der Waals surface area contributed by atoms with Crippen molar-refractivity contribution < 1.29 is 7.48 Å². The first-order valence-corrected chi connectivity index (χ1v) is 9.07. The molecular formula is C18H17Cl2N5O2. The lowest BCUT2D eigenvalue weighted by Gasteiger charge is -2.25. The topological polar surface area (TPSA) is 95.7 Å². The first kappa shape index (κ1) is 15.4. The molecule has 0 amide bonds. The van der Waals surface area contributed by atoms with Crippen LogP contribution in [-0.4, -0.2) is 11.3 Å². The van der Waals surface area contributed by atoms with Crippen LogP contribution in [0.5, 0.6) is 11.5 Å². The molecule has 0 saturated heterocycles. The summed E-state index contributed by atoms with van der Waals surface area (Å²) in [7, 11) is 0. The van der Waals surface area contributed by atoms with Crippen molar-refractivity contribution in [1.29, 1.82) is 0 Å².